The van der Waals surface area contributed by atoms with E-state index >= 15 is 0 Å². The van der Waals surface area contributed by atoms with E-state index in [2.05, 4.69) is 10.6 Å². The third-order valence-corrected chi connectivity index (χ3v) is 4.67. The lowest BCUT2D eigenvalue weighted by atomic mass is 9.93. The number of hydrogen-bond donors (Lipinski definition) is 3. The molecule has 0 radical (unpaired) electrons. The number of rotatable bonds is 5. The van der Waals surface area contributed by atoms with E-state index in [9.17, 15) is 23.1 Å². The van der Waals surface area contributed by atoms with Crippen LogP contribution >= 0.6 is 11.8 Å². The maximum absolute atomic E-state index is 13.3. The quantitative estimate of drug-likeness (QED) is 0.713. The fourth-order valence-electron chi connectivity index (χ4n) is 2.44. The van der Waals surface area contributed by atoms with Gasteiger partial charge < -0.3 is 15.7 Å². The molecule has 0 heterocycles. The predicted octanol–water partition coefficient (Wildman–Crippen LogP) is 3.61. The van der Waals surface area contributed by atoms with Gasteiger partial charge in [-0.2, -0.15) is 0 Å². The first-order chi connectivity index (χ1) is 10.9. The Bertz CT molecular complexity index is 537. The van der Waals surface area contributed by atoms with Crippen molar-refractivity contribution in [2.45, 2.75) is 49.2 Å². The molecule has 1 aromatic carbocycles. The third-order valence-electron chi connectivity index (χ3n) is 3.59. The number of amides is 2. The van der Waals surface area contributed by atoms with E-state index in [1.165, 1.54) is 12.1 Å². The van der Waals surface area contributed by atoms with Gasteiger partial charge in [-0.15, -0.1) is 11.8 Å². The van der Waals surface area contributed by atoms with Crippen LogP contribution in [0, 0.1) is 5.82 Å². The van der Waals surface area contributed by atoms with Gasteiger partial charge in [-0.3, -0.25) is 0 Å². The van der Waals surface area contributed by atoms with Crippen LogP contribution in [0.4, 0.5) is 23.7 Å². The van der Waals surface area contributed by atoms with Gasteiger partial charge in [-0.1, -0.05) is 0 Å². The molecule has 4 nitrogen and oxygen atoms in total. The molecule has 8 heteroatoms. The zero-order chi connectivity index (χ0) is 16.8. The number of halogens is 3. The molecule has 0 spiro atoms. The molecule has 0 bridgehead atoms. The third kappa shape index (κ3) is 5.95. The summed E-state index contributed by atoms with van der Waals surface area (Å²) in [6.07, 6.45) is -0.215. The van der Waals surface area contributed by atoms with Crippen molar-refractivity contribution in [3.8, 4) is 0 Å². The highest BCUT2D eigenvalue weighted by atomic mass is 32.2. The number of urea groups is 1. The Hall–Kier alpha value is -1.41. The predicted molar refractivity (Wildman–Crippen MR) is 83.5 cm³/mol. The lowest BCUT2D eigenvalue weighted by Gasteiger charge is -2.26. The molecular formula is C15H19F3N2O2S. The van der Waals surface area contributed by atoms with E-state index in [0.717, 1.165) is 17.8 Å². The summed E-state index contributed by atoms with van der Waals surface area (Å²) in [4.78, 5) is 12.4. The average Bonchev–Trinajstić information content (AvgIpc) is 2.48. The summed E-state index contributed by atoms with van der Waals surface area (Å²) in [6, 6.07) is 3.09. The first kappa shape index (κ1) is 17.9. The molecule has 128 valence electrons. The Morgan fingerprint density at radius 3 is 2.65 bits per heavy atom. The highest BCUT2D eigenvalue weighted by molar-refractivity contribution is 7.99. The Morgan fingerprint density at radius 1 is 1.30 bits per heavy atom. The van der Waals surface area contributed by atoms with Crippen molar-refractivity contribution >= 4 is 23.5 Å². The van der Waals surface area contributed by atoms with Crippen molar-refractivity contribution < 1.29 is 23.1 Å². The zero-order valence-electron chi connectivity index (χ0n) is 12.4. The van der Waals surface area contributed by atoms with Crippen LogP contribution in [0.15, 0.2) is 23.1 Å². The number of nitrogens with one attached hydrogen (secondary N) is 2. The number of benzene rings is 1. The zero-order valence-corrected chi connectivity index (χ0v) is 13.2. The van der Waals surface area contributed by atoms with Crippen LogP contribution in [-0.4, -0.2) is 35.5 Å². The molecule has 0 unspecified atom stereocenters. The number of aliphatic hydroxyl groups excluding tert-OH is 1. The molecule has 1 aliphatic carbocycles. The topological polar surface area (TPSA) is 61.4 Å². The van der Waals surface area contributed by atoms with E-state index in [-0.39, 0.29) is 17.8 Å². The van der Waals surface area contributed by atoms with Gasteiger partial charge in [0.2, 0.25) is 6.43 Å². The number of alkyl halides is 2. The second-order valence-corrected chi connectivity index (χ2v) is 6.51. The summed E-state index contributed by atoms with van der Waals surface area (Å²) >= 11 is 0.860. The van der Waals surface area contributed by atoms with Gasteiger partial charge >= 0.3 is 6.03 Å². The normalized spacial score (nSPS) is 21.3. The summed E-state index contributed by atoms with van der Waals surface area (Å²) in [7, 11) is 0. The maximum Gasteiger partial charge on any atom is 0.319 e. The van der Waals surface area contributed by atoms with Gasteiger partial charge in [0, 0.05) is 10.9 Å². The van der Waals surface area contributed by atoms with Crippen LogP contribution in [0.2, 0.25) is 0 Å². The Balaban J connectivity index is 1.95. The largest absolute Gasteiger partial charge is 0.393 e. The summed E-state index contributed by atoms with van der Waals surface area (Å²) in [5.74, 6) is -0.981. The lowest BCUT2D eigenvalue weighted by Crippen LogP contribution is -2.41. The Kier molecular flexibility index (Phi) is 6.59. The fourth-order valence-corrected chi connectivity index (χ4v) is 3.18. The van der Waals surface area contributed by atoms with Gasteiger partial charge in [-0.05, 0) is 43.9 Å². The van der Waals surface area contributed by atoms with E-state index in [1.807, 2.05) is 0 Å². The molecule has 1 aromatic rings. The first-order valence-electron chi connectivity index (χ1n) is 7.40. The summed E-state index contributed by atoms with van der Waals surface area (Å²) in [6.45, 7) is 0. The van der Waals surface area contributed by atoms with Crippen LogP contribution in [0.3, 0.4) is 0 Å². The number of hydrogen-bond acceptors (Lipinski definition) is 3. The summed E-state index contributed by atoms with van der Waals surface area (Å²) in [5, 5.41) is 14.7. The second-order valence-electron chi connectivity index (χ2n) is 5.45. The van der Waals surface area contributed by atoms with Gasteiger partial charge in [-0.25, -0.2) is 18.0 Å². The van der Waals surface area contributed by atoms with Crippen LogP contribution in [0.1, 0.15) is 25.7 Å². The standard InChI is InChI=1S/C15H19F3N2O2S/c16-9-1-6-13(23-8-14(17)18)12(7-9)20-15(22)19-10-2-4-11(21)5-3-10/h1,6-7,10-11,14,21H,2-5,8H2,(H2,19,20,22). The number of anilines is 1. The minimum Gasteiger partial charge on any atom is -0.393 e. The fraction of sp³-hybridized carbons (Fsp3) is 0.533. The molecule has 1 saturated carbocycles. The van der Waals surface area contributed by atoms with Crippen molar-refractivity contribution in [2.24, 2.45) is 0 Å². The molecular weight excluding hydrogens is 329 g/mol. The van der Waals surface area contributed by atoms with Crippen LogP contribution in [0.25, 0.3) is 0 Å². The molecule has 0 aromatic heterocycles. The van der Waals surface area contributed by atoms with Gasteiger partial charge in [0.15, 0.2) is 0 Å². The highest BCUT2D eigenvalue weighted by Gasteiger charge is 2.21. The minimum absolute atomic E-state index is 0.0517. The monoisotopic (exact) mass is 348 g/mol. The smallest absolute Gasteiger partial charge is 0.319 e. The lowest BCUT2D eigenvalue weighted by molar-refractivity contribution is 0.118. The summed E-state index contributed by atoms with van der Waals surface area (Å²) < 4.78 is 38.0. The second kappa shape index (κ2) is 8.44. The van der Waals surface area contributed by atoms with Gasteiger partial charge in [0.25, 0.3) is 0 Å². The maximum atomic E-state index is 13.3. The van der Waals surface area contributed by atoms with Gasteiger partial charge in [0.1, 0.15) is 5.82 Å². The van der Waals surface area contributed by atoms with Crippen molar-refractivity contribution in [3.05, 3.63) is 24.0 Å². The van der Waals surface area contributed by atoms with Crippen LogP contribution in [-0.2, 0) is 0 Å². The Labute approximate surface area is 136 Å². The molecule has 1 fully saturated rings. The van der Waals surface area contributed by atoms with Crippen molar-refractivity contribution in [1.82, 2.24) is 5.32 Å². The minimum atomic E-state index is -2.49. The molecule has 3 N–H and O–H groups in total. The number of carbonyl (C=O) groups is 1. The SMILES string of the molecule is O=C(Nc1cc(F)ccc1SCC(F)F)NC1CCC(O)CC1. The molecule has 2 rings (SSSR count). The van der Waals surface area contributed by atoms with Crippen molar-refractivity contribution in [2.75, 3.05) is 11.1 Å². The Morgan fingerprint density at radius 2 is 2.00 bits per heavy atom. The molecule has 0 aliphatic heterocycles. The average molecular weight is 348 g/mol. The molecule has 2 amide bonds. The summed E-state index contributed by atoms with van der Waals surface area (Å²) in [5.41, 5.74) is 0.170. The van der Waals surface area contributed by atoms with Gasteiger partial charge in [0.05, 0.1) is 17.5 Å². The van der Waals surface area contributed by atoms with Crippen molar-refractivity contribution in [3.63, 3.8) is 0 Å². The van der Waals surface area contributed by atoms with Crippen molar-refractivity contribution in [1.29, 1.82) is 0 Å². The van der Waals surface area contributed by atoms with E-state index < -0.39 is 24.0 Å². The van der Waals surface area contributed by atoms with Crippen LogP contribution in [0.5, 0.6) is 0 Å². The number of thioether (sulfide) groups is 1. The molecule has 1 aliphatic rings. The van der Waals surface area contributed by atoms with E-state index in [1.54, 1.807) is 0 Å². The molecule has 0 saturated heterocycles. The van der Waals surface area contributed by atoms with Crippen LogP contribution < -0.4 is 10.6 Å². The molecule has 23 heavy (non-hydrogen) atoms. The highest BCUT2D eigenvalue weighted by Crippen LogP contribution is 2.29. The van der Waals surface area contributed by atoms with E-state index in [4.69, 9.17) is 0 Å². The number of aliphatic hydroxyl groups is 1. The number of carbonyl (C=O) groups excluding carboxylic acids is 1. The molecule has 0 atom stereocenters. The first-order valence-corrected chi connectivity index (χ1v) is 8.38. The van der Waals surface area contributed by atoms with E-state index in [0.29, 0.717) is 30.6 Å².